The number of amides is 1. The Morgan fingerprint density at radius 3 is 2.37 bits per heavy atom. The number of carboxylic acids is 1. The molecule has 19 heavy (non-hydrogen) atoms. The lowest BCUT2D eigenvalue weighted by Gasteiger charge is -2.35. The highest BCUT2D eigenvalue weighted by molar-refractivity contribution is 5.98. The summed E-state index contributed by atoms with van der Waals surface area (Å²) in [4.78, 5) is 26.0. The van der Waals surface area contributed by atoms with Crippen LogP contribution in [0.25, 0.3) is 0 Å². The molecule has 1 aliphatic rings. The molecule has 3 N–H and O–H groups in total. The number of carboxylic acid groups (broad SMARTS) is 1. The molecule has 102 valence electrons. The van der Waals surface area contributed by atoms with Crippen LogP contribution in [0.15, 0.2) is 24.3 Å². The van der Waals surface area contributed by atoms with Gasteiger partial charge in [0.1, 0.15) is 0 Å². The van der Waals surface area contributed by atoms with Crippen LogP contribution in [0.1, 0.15) is 10.4 Å². The van der Waals surface area contributed by atoms with Gasteiger partial charge < -0.3 is 15.7 Å². The van der Waals surface area contributed by atoms with Gasteiger partial charge in [0.05, 0.1) is 12.1 Å². The molecule has 1 heterocycles. The summed E-state index contributed by atoms with van der Waals surface area (Å²) in [6.45, 7) is 2.78. The monoisotopic (exact) mass is 263 g/mol. The van der Waals surface area contributed by atoms with E-state index in [1.165, 1.54) is 0 Å². The summed E-state index contributed by atoms with van der Waals surface area (Å²) in [5.41, 5.74) is 6.69. The van der Waals surface area contributed by atoms with Gasteiger partial charge in [0.25, 0.3) is 5.91 Å². The quantitative estimate of drug-likeness (QED) is 0.798. The number of carbonyl (C=O) groups is 2. The van der Waals surface area contributed by atoms with E-state index in [-0.39, 0.29) is 6.54 Å². The normalized spacial score (nSPS) is 16.3. The zero-order valence-corrected chi connectivity index (χ0v) is 10.6. The van der Waals surface area contributed by atoms with Gasteiger partial charge in [-0.15, -0.1) is 0 Å². The molecule has 6 nitrogen and oxygen atoms in total. The summed E-state index contributed by atoms with van der Waals surface area (Å²) >= 11 is 0. The zero-order chi connectivity index (χ0) is 13.8. The number of hydrogen-bond donors (Lipinski definition) is 2. The number of rotatable bonds is 4. The number of primary amides is 1. The van der Waals surface area contributed by atoms with Crippen molar-refractivity contribution in [2.45, 2.75) is 0 Å². The van der Waals surface area contributed by atoms with Crippen molar-refractivity contribution in [2.24, 2.45) is 5.73 Å². The fourth-order valence-electron chi connectivity index (χ4n) is 2.30. The molecule has 1 aromatic carbocycles. The minimum Gasteiger partial charge on any atom is -0.480 e. The fourth-order valence-corrected chi connectivity index (χ4v) is 2.30. The first-order valence-corrected chi connectivity index (χ1v) is 6.16. The van der Waals surface area contributed by atoms with Crippen LogP contribution in [-0.4, -0.2) is 54.6 Å². The van der Waals surface area contributed by atoms with Gasteiger partial charge in [-0.3, -0.25) is 14.5 Å². The van der Waals surface area contributed by atoms with E-state index in [4.69, 9.17) is 10.8 Å². The van der Waals surface area contributed by atoms with Crippen molar-refractivity contribution >= 4 is 17.6 Å². The van der Waals surface area contributed by atoms with Gasteiger partial charge in [0.15, 0.2) is 0 Å². The topological polar surface area (TPSA) is 86.9 Å². The molecular formula is C13H17N3O3. The molecule has 0 aliphatic carbocycles. The smallest absolute Gasteiger partial charge is 0.317 e. The van der Waals surface area contributed by atoms with E-state index in [2.05, 4.69) is 4.90 Å². The van der Waals surface area contributed by atoms with Gasteiger partial charge in [0, 0.05) is 31.9 Å². The predicted molar refractivity (Wildman–Crippen MR) is 71.2 cm³/mol. The average molecular weight is 263 g/mol. The molecule has 2 rings (SSSR count). The first-order valence-electron chi connectivity index (χ1n) is 6.16. The molecule has 0 atom stereocenters. The van der Waals surface area contributed by atoms with Crippen LogP contribution in [0.3, 0.4) is 0 Å². The lowest BCUT2D eigenvalue weighted by Crippen LogP contribution is -2.48. The Labute approximate surface area is 111 Å². The molecule has 6 heteroatoms. The maximum atomic E-state index is 11.4. The first-order chi connectivity index (χ1) is 9.08. The van der Waals surface area contributed by atoms with Gasteiger partial charge in [-0.2, -0.15) is 0 Å². The summed E-state index contributed by atoms with van der Waals surface area (Å²) in [6.07, 6.45) is 0. The second-order valence-corrected chi connectivity index (χ2v) is 4.54. The summed E-state index contributed by atoms with van der Waals surface area (Å²) in [6, 6.07) is 7.23. The lowest BCUT2D eigenvalue weighted by atomic mass is 10.1. The number of carbonyl (C=O) groups excluding carboxylic acids is 1. The van der Waals surface area contributed by atoms with Crippen LogP contribution < -0.4 is 10.6 Å². The third kappa shape index (κ3) is 3.23. The standard InChI is InChI=1S/C13H17N3O3/c14-13(19)10-3-1-2-4-11(10)16-7-5-15(6-8-16)9-12(17)18/h1-4H,5-9H2,(H2,14,19)(H,17,18). The maximum absolute atomic E-state index is 11.4. The number of anilines is 1. The molecular weight excluding hydrogens is 246 g/mol. The van der Waals surface area contributed by atoms with Crippen molar-refractivity contribution in [3.05, 3.63) is 29.8 Å². The second-order valence-electron chi connectivity index (χ2n) is 4.54. The molecule has 0 bridgehead atoms. The number of benzene rings is 1. The number of nitrogens with two attached hydrogens (primary N) is 1. The highest BCUT2D eigenvalue weighted by Crippen LogP contribution is 2.21. The first kappa shape index (κ1) is 13.4. The number of nitrogens with zero attached hydrogens (tertiary/aromatic N) is 2. The predicted octanol–water partition coefficient (Wildman–Crippen LogP) is -0.00790. The highest BCUT2D eigenvalue weighted by Gasteiger charge is 2.21. The Hall–Kier alpha value is -2.08. The van der Waals surface area contributed by atoms with Crippen molar-refractivity contribution < 1.29 is 14.7 Å². The lowest BCUT2D eigenvalue weighted by molar-refractivity contribution is -0.138. The van der Waals surface area contributed by atoms with E-state index >= 15 is 0 Å². The number of para-hydroxylation sites is 1. The van der Waals surface area contributed by atoms with Crippen molar-refractivity contribution in [1.82, 2.24) is 4.90 Å². The number of piperazine rings is 1. The van der Waals surface area contributed by atoms with Crippen LogP contribution >= 0.6 is 0 Å². The van der Waals surface area contributed by atoms with Crippen LogP contribution in [0.4, 0.5) is 5.69 Å². The van der Waals surface area contributed by atoms with E-state index < -0.39 is 11.9 Å². The van der Waals surface area contributed by atoms with Crippen molar-refractivity contribution in [1.29, 1.82) is 0 Å². The molecule has 0 unspecified atom stereocenters. The third-order valence-corrected chi connectivity index (χ3v) is 3.24. The Morgan fingerprint density at radius 2 is 1.79 bits per heavy atom. The average Bonchev–Trinajstić information content (AvgIpc) is 2.39. The molecule has 1 aliphatic heterocycles. The largest absolute Gasteiger partial charge is 0.480 e. The minimum atomic E-state index is -0.814. The molecule has 0 saturated carbocycles. The minimum absolute atomic E-state index is 0.0608. The summed E-state index contributed by atoms with van der Waals surface area (Å²) in [5, 5.41) is 8.75. The fraction of sp³-hybridized carbons (Fsp3) is 0.385. The molecule has 1 fully saturated rings. The van der Waals surface area contributed by atoms with E-state index in [9.17, 15) is 9.59 Å². The third-order valence-electron chi connectivity index (χ3n) is 3.24. The molecule has 0 aromatic heterocycles. The van der Waals surface area contributed by atoms with E-state index in [1.807, 2.05) is 17.0 Å². The van der Waals surface area contributed by atoms with E-state index in [0.29, 0.717) is 31.7 Å². The summed E-state index contributed by atoms with van der Waals surface area (Å²) in [7, 11) is 0. The Bertz CT molecular complexity index is 482. The number of aliphatic carboxylic acids is 1. The maximum Gasteiger partial charge on any atom is 0.317 e. The molecule has 1 aromatic rings. The SMILES string of the molecule is NC(=O)c1ccccc1N1CCN(CC(=O)O)CC1. The van der Waals surface area contributed by atoms with E-state index in [0.717, 1.165) is 5.69 Å². The molecule has 0 radical (unpaired) electrons. The van der Waals surface area contributed by atoms with Crippen LogP contribution in [0, 0.1) is 0 Å². The molecule has 1 amide bonds. The summed E-state index contributed by atoms with van der Waals surface area (Å²) < 4.78 is 0. The van der Waals surface area contributed by atoms with Gasteiger partial charge in [-0.1, -0.05) is 12.1 Å². The van der Waals surface area contributed by atoms with Gasteiger partial charge in [-0.25, -0.2) is 0 Å². The highest BCUT2D eigenvalue weighted by atomic mass is 16.4. The van der Waals surface area contributed by atoms with Gasteiger partial charge in [-0.05, 0) is 12.1 Å². The van der Waals surface area contributed by atoms with Crippen molar-refractivity contribution in [3.63, 3.8) is 0 Å². The Morgan fingerprint density at radius 1 is 1.16 bits per heavy atom. The molecule has 0 spiro atoms. The Balaban J connectivity index is 2.05. The summed E-state index contributed by atoms with van der Waals surface area (Å²) in [5.74, 6) is -1.26. The second kappa shape index (κ2) is 5.71. The van der Waals surface area contributed by atoms with Crippen LogP contribution in [-0.2, 0) is 4.79 Å². The van der Waals surface area contributed by atoms with Gasteiger partial charge in [0.2, 0.25) is 0 Å². The van der Waals surface area contributed by atoms with Crippen LogP contribution in [0.2, 0.25) is 0 Å². The van der Waals surface area contributed by atoms with Gasteiger partial charge >= 0.3 is 5.97 Å². The van der Waals surface area contributed by atoms with E-state index in [1.54, 1.807) is 12.1 Å². The Kier molecular flexibility index (Phi) is 4.01. The van der Waals surface area contributed by atoms with Crippen molar-refractivity contribution in [2.75, 3.05) is 37.6 Å². The van der Waals surface area contributed by atoms with Crippen LogP contribution in [0.5, 0.6) is 0 Å². The number of hydrogen-bond acceptors (Lipinski definition) is 4. The molecule has 1 saturated heterocycles. The van der Waals surface area contributed by atoms with Crippen molar-refractivity contribution in [3.8, 4) is 0 Å². The zero-order valence-electron chi connectivity index (χ0n) is 10.6.